The second-order valence-electron chi connectivity index (χ2n) is 3.48. The van der Waals surface area contributed by atoms with E-state index >= 15 is 0 Å². The Morgan fingerprint density at radius 2 is 2.31 bits per heavy atom. The highest BCUT2D eigenvalue weighted by Crippen LogP contribution is 2.05. The van der Waals surface area contributed by atoms with Gasteiger partial charge < -0.3 is 5.32 Å². The van der Waals surface area contributed by atoms with Gasteiger partial charge in [-0.1, -0.05) is 11.6 Å². The van der Waals surface area contributed by atoms with Crippen LogP contribution in [-0.2, 0) is 10.8 Å². The third-order valence-corrected chi connectivity index (χ3v) is 3.04. The highest BCUT2D eigenvalue weighted by atomic mass is 35.5. The number of carbonyl (C=O) groups excluding carboxylic acids is 1. The van der Waals surface area contributed by atoms with Gasteiger partial charge in [-0.25, -0.2) is 4.98 Å². The molecule has 0 radical (unpaired) electrons. The molecule has 0 saturated carbocycles. The molecule has 1 N–H and O–H groups in total. The van der Waals surface area contributed by atoms with Crippen LogP contribution in [0.4, 0.5) is 0 Å². The molecular weight excluding hydrogens is 248 g/mol. The summed E-state index contributed by atoms with van der Waals surface area (Å²) in [6.45, 7) is 1.81. The van der Waals surface area contributed by atoms with E-state index in [0.717, 1.165) is 0 Å². The van der Waals surface area contributed by atoms with E-state index in [0.29, 0.717) is 16.5 Å². The summed E-state index contributed by atoms with van der Waals surface area (Å²) in [6.07, 6.45) is 3.01. The van der Waals surface area contributed by atoms with Crippen molar-refractivity contribution in [2.75, 3.05) is 12.0 Å². The molecule has 0 aliphatic heterocycles. The van der Waals surface area contributed by atoms with Gasteiger partial charge in [0.05, 0.1) is 5.56 Å². The first-order valence-electron chi connectivity index (χ1n) is 4.71. The number of hydrogen-bond donors (Lipinski definition) is 1. The number of nitrogens with zero attached hydrogens (tertiary/aromatic N) is 1. The zero-order valence-electron chi connectivity index (χ0n) is 9.07. The number of carbonyl (C=O) groups is 1. The normalized spacial score (nSPS) is 14.2. The minimum absolute atomic E-state index is 0.131. The van der Waals surface area contributed by atoms with Gasteiger partial charge in [0.2, 0.25) is 0 Å². The summed E-state index contributed by atoms with van der Waals surface area (Å²) in [6, 6.07) is 3.02. The zero-order chi connectivity index (χ0) is 12.1. The van der Waals surface area contributed by atoms with Crippen LogP contribution in [0.2, 0.25) is 5.15 Å². The fourth-order valence-electron chi connectivity index (χ4n) is 1.21. The van der Waals surface area contributed by atoms with Crippen molar-refractivity contribution in [1.82, 2.24) is 10.3 Å². The van der Waals surface area contributed by atoms with Gasteiger partial charge in [0.25, 0.3) is 5.91 Å². The molecule has 0 fully saturated rings. The Hall–Kier alpha value is -0.940. The summed E-state index contributed by atoms with van der Waals surface area (Å²) in [4.78, 5) is 15.5. The average Bonchev–Trinajstić information content (AvgIpc) is 2.16. The summed E-state index contributed by atoms with van der Waals surface area (Å²) in [5, 5.41) is 3.08. The number of halogens is 1. The Kier molecular flexibility index (Phi) is 4.89. The van der Waals surface area contributed by atoms with Gasteiger partial charge in [-0.15, -0.1) is 0 Å². The molecule has 1 rings (SSSR count). The second-order valence-corrected chi connectivity index (χ2v) is 5.35. The molecule has 88 valence electrons. The maximum Gasteiger partial charge on any atom is 0.253 e. The van der Waals surface area contributed by atoms with Crippen LogP contribution in [0.3, 0.4) is 0 Å². The number of hydrogen-bond acceptors (Lipinski definition) is 3. The molecule has 0 aliphatic rings. The number of aromatic nitrogens is 1. The number of rotatable bonds is 4. The molecule has 0 aromatic carbocycles. The van der Waals surface area contributed by atoms with E-state index in [4.69, 9.17) is 11.6 Å². The summed E-state index contributed by atoms with van der Waals surface area (Å²) in [5.74, 6) is 0.203. The Labute approximate surface area is 102 Å². The first-order valence-corrected chi connectivity index (χ1v) is 6.82. The molecule has 16 heavy (non-hydrogen) atoms. The first-order chi connectivity index (χ1) is 7.49. The summed E-state index contributed by atoms with van der Waals surface area (Å²) >= 11 is 5.61. The molecule has 1 aromatic rings. The predicted molar refractivity (Wildman–Crippen MR) is 65.1 cm³/mol. The van der Waals surface area contributed by atoms with Crippen LogP contribution in [0.15, 0.2) is 18.3 Å². The quantitative estimate of drug-likeness (QED) is 0.829. The Morgan fingerprint density at radius 3 is 2.81 bits per heavy atom. The van der Waals surface area contributed by atoms with Crippen molar-refractivity contribution in [2.45, 2.75) is 13.0 Å². The van der Waals surface area contributed by atoms with Crippen LogP contribution >= 0.6 is 11.6 Å². The van der Waals surface area contributed by atoms with Gasteiger partial charge in [-0.3, -0.25) is 9.00 Å². The zero-order valence-corrected chi connectivity index (χ0v) is 10.6. The van der Waals surface area contributed by atoms with Crippen LogP contribution in [0.25, 0.3) is 0 Å². The molecule has 1 amide bonds. The lowest BCUT2D eigenvalue weighted by molar-refractivity contribution is 0.0943. The first kappa shape index (κ1) is 13.1. The van der Waals surface area contributed by atoms with Crippen LogP contribution in [-0.4, -0.2) is 33.2 Å². The summed E-state index contributed by atoms with van der Waals surface area (Å²) in [7, 11) is -0.924. The molecule has 0 spiro atoms. The summed E-state index contributed by atoms with van der Waals surface area (Å²) in [5.41, 5.74) is 0.443. The SMILES string of the molecule is CC(CS(C)=O)NC(=O)c1ccc(Cl)nc1. The van der Waals surface area contributed by atoms with Gasteiger partial charge in [0.1, 0.15) is 5.15 Å². The van der Waals surface area contributed by atoms with Crippen molar-refractivity contribution in [1.29, 1.82) is 0 Å². The second kappa shape index (κ2) is 5.96. The highest BCUT2D eigenvalue weighted by molar-refractivity contribution is 7.84. The molecule has 0 aliphatic carbocycles. The fraction of sp³-hybridized carbons (Fsp3) is 0.400. The minimum Gasteiger partial charge on any atom is -0.349 e. The molecule has 1 heterocycles. The lowest BCUT2D eigenvalue weighted by Crippen LogP contribution is -2.36. The van der Waals surface area contributed by atoms with Gasteiger partial charge in [-0.05, 0) is 19.1 Å². The Morgan fingerprint density at radius 1 is 1.62 bits per heavy atom. The predicted octanol–water partition coefficient (Wildman–Crippen LogP) is 1.23. The maximum atomic E-state index is 11.7. The van der Waals surface area contributed by atoms with E-state index in [1.807, 2.05) is 6.92 Å². The van der Waals surface area contributed by atoms with E-state index < -0.39 is 10.8 Å². The van der Waals surface area contributed by atoms with Gasteiger partial charge in [-0.2, -0.15) is 0 Å². The highest BCUT2D eigenvalue weighted by Gasteiger charge is 2.10. The van der Waals surface area contributed by atoms with Crippen molar-refractivity contribution in [3.8, 4) is 0 Å². The van der Waals surface area contributed by atoms with Crippen LogP contribution in [0.5, 0.6) is 0 Å². The number of pyridine rings is 1. The smallest absolute Gasteiger partial charge is 0.253 e. The van der Waals surface area contributed by atoms with E-state index in [9.17, 15) is 9.00 Å². The van der Waals surface area contributed by atoms with E-state index in [1.54, 1.807) is 18.4 Å². The Bertz CT molecular complexity index is 394. The standard InChI is InChI=1S/C10H13ClN2O2S/c1-7(6-16(2)15)13-10(14)8-3-4-9(11)12-5-8/h3-5,7H,6H2,1-2H3,(H,13,14). The van der Waals surface area contributed by atoms with E-state index in [-0.39, 0.29) is 11.9 Å². The van der Waals surface area contributed by atoms with E-state index in [2.05, 4.69) is 10.3 Å². The van der Waals surface area contributed by atoms with Crippen LogP contribution in [0, 0.1) is 0 Å². The molecular formula is C10H13ClN2O2S. The van der Waals surface area contributed by atoms with Crippen molar-refractivity contribution < 1.29 is 9.00 Å². The van der Waals surface area contributed by atoms with Gasteiger partial charge >= 0.3 is 0 Å². The number of amides is 1. The average molecular weight is 261 g/mol. The third kappa shape index (κ3) is 4.28. The minimum atomic E-state index is -0.924. The monoisotopic (exact) mass is 260 g/mol. The topological polar surface area (TPSA) is 59.1 Å². The fourth-order valence-corrected chi connectivity index (χ4v) is 2.11. The van der Waals surface area contributed by atoms with Crippen molar-refractivity contribution in [3.63, 3.8) is 0 Å². The van der Waals surface area contributed by atoms with Crippen molar-refractivity contribution in [2.24, 2.45) is 0 Å². The van der Waals surface area contributed by atoms with Crippen LogP contribution in [0.1, 0.15) is 17.3 Å². The lowest BCUT2D eigenvalue weighted by Gasteiger charge is -2.11. The Balaban J connectivity index is 2.58. The summed E-state index contributed by atoms with van der Waals surface area (Å²) < 4.78 is 10.9. The molecule has 0 bridgehead atoms. The van der Waals surface area contributed by atoms with Crippen molar-refractivity contribution >= 4 is 28.3 Å². The third-order valence-electron chi connectivity index (χ3n) is 1.85. The van der Waals surface area contributed by atoms with Crippen molar-refractivity contribution in [3.05, 3.63) is 29.0 Å². The number of nitrogens with one attached hydrogen (secondary N) is 1. The van der Waals surface area contributed by atoms with Gasteiger partial charge in [0, 0.05) is 35.0 Å². The molecule has 4 nitrogen and oxygen atoms in total. The molecule has 2 atom stereocenters. The lowest BCUT2D eigenvalue weighted by atomic mass is 10.2. The molecule has 1 aromatic heterocycles. The maximum absolute atomic E-state index is 11.7. The largest absolute Gasteiger partial charge is 0.349 e. The molecule has 6 heteroatoms. The van der Waals surface area contributed by atoms with E-state index in [1.165, 1.54) is 6.20 Å². The molecule has 0 saturated heterocycles. The molecule has 2 unspecified atom stereocenters. The van der Waals surface area contributed by atoms with Crippen LogP contribution < -0.4 is 5.32 Å². The van der Waals surface area contributed by atoms with Gasteiger partial charge in [0.15, 0.2) is 0 Å².